The summed E-state index contributed by atoms with van der Waals surface area (Å²) in [6, 6.07) is 85.6. The summed E-state index contributed by atoms with van der Waals surface area (Å²) in [6.45, 7) is 0. The topological polar surface area (TPSA) is 3.24 Å². The molecule has 0 radical (unpaired) electrons. The number of hydrogen-bond acceptors (Lipinski definition) is 1. The van der Waals surface area contributed by atoms with E-state index in [1.54, 1.807) is 0 Å². The van der Waals surface area contributed by atoms with E-state index < -0.39 is 0 Å². The summed E-state index contributed by atoms with van der Waals surface area (Å²) in [7, 11) is 0. The molecule has 0 unspecified atom stereocenters. The Labute approximate surface area is 334 Å². The predicted octanol–water partition coefficient (Wildman–Crippen LogP) is 15.8. The van der Waals surface area contributed by atoms with Crippen molar-refractivity contribution in [2.24, 2.45) is 0 Å². The molecule has 0 aliphatic heterocycles. The Morgan fingerprint density at radius 3 is 1.23 bits per heavy atom. The molecule has 0 saturated heterocycles. The molecule has 0 fully saturated rings. The van der Waals surface area contributed by atoms with Gasteiger partial charge in [-0.15, -0.1) is 0 Å². The second kappa shape index (κ2) is 15.0. The van der Waals surface area contributed by atoms with Gasteiger partial charge in [-0.2, -0.15) is 0 Å². The minimum absolute atomic E-state index is 1.10. The van der Waals surface area contributed by atoms with Crippen molar-refractivity contribution >= 4 is 38.6 Å². The SMILES string of the molecule is c1ccc(-c2ccc(N(c3ccc(-c4ccc(-c5cc(-c6ccccc6)ccc5-c5ccccc5)cc4)cc3)c3ccc4c(ccc5ccccc54)c3)cc2)cc1. The Morgan fingerprint density at radius 2 is 0.614 bits per heavy atom. The van der Waals surface area contributed by atoms with Crippen LogP contribution in [0.4, 0.5) is 17.1 Å². The van der Waals surface area contributed by atoms with Gasteiger partial charge in [0.15, 0.2) is 0 Å². The van der Waals surface area contributed by atoms with Crippen LogP contribution in [0.3, 0.4) is 0 Å². The van der Waals surface area contributed by atoms with Gasteiger partial charge in [0, 0.05) is 17.1 Å². The van der Waals surface area contributed by atoms with Gasteiger partial charge in [-0.1, -0.05) is 194 Å². The summed E-state index contributed by atoms with van der Waals surface area (Å²) >= 11 is 0. The molecule has 1 nitrogen and oxygen atoms in total. The first-order valence-electron chi connectivity index (χ1n) is 19.6. The van der Waals surface area contributed by atoms with Crippen LogP contribution in [0.25, 0.3) is 77.2 Å². The van der Waals surface area contributed by atoms with Gasteiger partial charge in [-0.25, -0.2) is 0 Å². The van der Waals surface area contributed by atoms with Gasteiger partial charge in [0.1, 0.15) is 0 Å². The molecule has 0 atom stereocenters. The van der Waals surface area contributed by atoms with Crippen molar-refractivity contribution in [1.82, 2.24) is 0 Å². The largest absolute Gasteiger partial charge is 0.310 e. The molecule has 0 spiro atoms. The average molecular weight is 726 g/mol. The molecule has 0 N–H and O–H groups in total. The molecule has 10 aromatic carbocycles. The third kappa shape index (κ3) is 6.77. The molecular weight excluding hydrogens is 687 g/mol. The first-order valence-corrected chi connectivity index (χ1v) is 19.6. The van der Waals surface area contributed by atoms with Crippen LogP contribution in [0.15, 0.2) is 237 Å². The molecule has 10 aromatic rings. The van der Waals surface area contributed by atoms with Crippen molar-refractivity contribution in [2.75, 3.05) is 4.90 Å². The number of benzene rings is 10. The van der Waals surface area contributed by atoms with E-state index in [4.69, 9.17) is 0 Å². The van der Waals surface area contributed by atoms with Crippen molar-refractivity contribution in [1.29, 1.82) is 0 Å². The minimum Gasteiger partial charge on any atom is -0.310 e. The fourth-order valence-electron chi connectivity index (χ4n) is 8.13. The Morgan fingerprint density at radius 1 is 0.211 bits per heavy atom. The van der Waals surface area contributed by atoms with Gasteiger partial charge in [-0.05, 0) is 120 Å². The van der Waals surface area contributed by atoms with Gasteiger partial charge in [-0.3, -0.25) is 0 Å². The smallest absolute Gasteiger partial charge is 0.0468 e. The number of nitrogens with zero attached hydrogens (tertiary/aromatic N) is 1. The maximum absolute atomic E-state index is 2.36. The zero-order valence-electron chi connectivity index (χ0n) is 31.5. The number of rotatable bonds is 8. The van der Waals surface area contributed by atoms with Crippen LogP contribution < -0.4 is 4.90 Å². The van der Waals surface area contributed by atoms with E-state index in [2.05, 4.69) is 241 Å². The summed E-state index contributed by atoms with van der Waals surface area (Å²) in [5.74, 6) is 0. The summed E-state index contributed by atoms with van der Waals surface area (Å²) in [5.41, 5.74) is 15.4. The predicted molar refractivity (Wildman–Crippen MR) is 243 cm³/mol. The Bertz CT molecular complexity index is 2950. The second-order valence-electron chi connectivity index (χ2n) is 14.6. The minimum atomic E-state index is 1.10. The van der Waals surface area contributed by atoms with Crippen LogP contribution in [0.2, 0.25) is 0 Å². The molecule has 0 aromatic heterocycles. The third-order valence-corrected chi connectivity index (χ3v) is 11.1. The zero-order valence-corrected chi connectivity index (χ0v) is 31.5. The molecule has 10 rings (SSSR count). The van der Waals surface area contributed by atoms with Gasteiger partial charge in [0.2, 0.25) is 0 Å². The molecule has 0 saturated carbocycles. The van der Waals surface area contributed by atoms with E-state index in [9.17, 15) is 0 Å². The van der Waals surface area contributed by atoms with Crippen LogP contribution in [0.5, 0.6) is 0 Å². The van der Waals surface area contributed by atoms with Crippen LogP contribution in [0.1, 0.15) is 0 Å². The molecule has 0 amide bonds. The van der Waals surface area contributed by atoms with Crippen molar-refractivity contribution < 1.29 is 0 Å². The fraction of sp³-hybridized carbons (Fsp3) is 0. The normalized spacial score (nSPS) is 11.2. The molecular formula is C56H39N. The molecule has 0 aliphatic rings. The highest BCUT2D eigenvalue weighted by Gasteiger charge is 2.16. The summed E-state index contributed by atoms with van der Waals surface area (Å²) in [5, 5.41) is 5.01. The fourth-order valence-corrected chi connectivity index (χ4v) is 8.13. The quantitative estimate of drug-likeness (QED) is 0.141. The Hall–Kier alpha value is -7.48. The zero-order chi connectivity index (χ0) is 38.0. The van der Waals surface area contributed by atoms with E-state index in [1.165, 1.54) is 77.2 Å². The molecule has 268 valence electrons. The van der Waals surface area contributed by atoms with Crippen LogP contribution in [-0.2, 0) is 0 Å². The van der Waals surface area contributed by atoms with Gasteiger partial charge in [0.05, 0.1) is 0 Å². The molecule has 1 heteroatoms. The van der Waals surface area contributed by atoms with E-state index in [1.807, 2.05) is 0 Å². The molecule has 57 heavy (non-hydrogen) atoms. The van der Waals surface area contributed by atoms with Crippen molar-refractivity contribution in [2.45, 2.75) is 0 Å². The van der Waals surface area contributed by atoms with E-state index >= 15 is 0 Å². The molecule has 0 bridgehead atoms. The van der Waals surface area contributed by atoms with Crippen molar-refractivity contribution in [3.8, 4) is 55.6 Å². The van der Waals surface area contributed by atoms with Gasteiger partial charge < -0.3 is 4.90 Å². The Balaban J connectivity index is 1.01. The lowest BCUT2D eigenvalue weighted by atomic mass is 9.90. The van der Waals surface area contributed by atoms with Crippen LogP contribution in [-0.4, -0.2) is 0 Å². The van der Waals surface area contributed by atoms with Crippen LogP contribution >= 0.6 is 0 Å². The number of anilines is 3. The second-order valence-corrected chi connectivity index (χ2v) is 14.6. The maximum atomic E-state index is 2.36. The highest BCUT2D eigenvalue weighted by atomic mass is 15.1. The average Bonchev–Trinajstić information content (AvgIpc) is 3.30. The first kappa shape index (κ1) is 34.0. The van der Waals surface area contributed by atoms with Gasteiger partial charge in [0.25, 0.3) is 0 Å². The Kier molecular flexibility index (Phi) is 8.95. The molecule has 0 aliphatic carbocycles. The highest BCUT2D eigenvalue weighted by Crippen LogP contribution is 2.40. The lowest BCUT2D eigenvalue weighted by molar-refractivity contribution is 1.29. The lowest BCUT2D eigenvalue weighted by Crippen LogP contribution is -2.09. The first-order chi connectivity index (χ1) is 28.2. The third-order valence-electron chi connectivity index (χ3n) is 11.1. The van der Waals surface area contributed by atoms with Crippen molar-refractivity contribution in [3.05, 3.63) is 237 Å². The monoisotopic (exact) mass is 725 g/mol. The number of fused-ring (bicyclic) bond motifs is 3. The summed E-state index contributed by atoms with van der Waals surface area (Å²) in [4.78, 5) is 2.36. The lowest BCUT2D eigenvalue weighted by Gasteiger charge is -2.26. The number of hydrogen-bond donors (Lipinski definition) is 0. The van der Waals surface area contributed by atoms with E-state index in [-0.39, 0.29) is 0 Å². The van der Waals surface area contributed by atoms with Crippen molar-refractivity contribution in [3.63, 3.8) is 0 Å². The maximum Gasteiger partial charge on any atom is 0.0468 e. The summed E-state index contributed by atoms with van der Waals surface area (Å²) in [6.07, 6.45) is 0. The van der Waals surface area contributed by atoms with Crippen LogP contribution in [0, 0.1) is 0 Å². The standard InChI is InChI=1S/C56H39N/c1-4-12-40(13-5-1)43-26-31-50(32-27-43)57(52-35-37-55-49(38-52)25-24-46-18-10-11-19-53(46)55)51-33-28-44(29-34-51)42-20-22-47(23-21-42)56-39-48(41-14-6-2-7-15-41)30-36-54(56)45-16-8-3-9-17-45/h1-39H. The van der Waals surface area contributed by atoms with Gasteiger partial charge >= 0.3 is 0 Å². The molecule has 0 heterocycles. The van der Waals surface area contributed by atoms with E-state index in [0.29, 0.717) is 0 Å². The van der Waals surface area contributed by atoms with E-state index in [0.717, 1.165) is 17.1 Å². The summed E-state index contributed by atoms with van der Waals surface area (Å²) < 4.78 is 0. The highest BCUT2D eigenvalue weighted by molar-refractivity contribution is 6.08.